The molecule has 3 heteroatoms. The first-order chi connectivity index (χ1) is 7.66. The zero-order valence-corrected chi connectivity index (χ0v) is 9.79. The summed E-state index contributed by atoms with van der Waals surface area (Å²) in [4.78, 5) is 0. The second-order valence-electron chi connectivity index (χ2n) is 4.52. The number of hydrogen-bond donors (Lipinski definition) is 1. The minimum atomic E-state index is -0.151. The summed E-state index contributed by atoms with van der Waals surface area (Å²) >= 11 is 0. The van der Waals surface area contributed by atoms with Crippen LogP contribution in [0.15, 0.2) is 18.2 Å². The van der Waals surface area contributed by atoms with Crippen molar-refractivity contribution in [3.8, 4) is 0 Å². The van der Waals surface area contributed by atoms with Gasteiger partial charge in [0.1, 0.15) is 5.82 Å². The molecule has 1 fully saturated rings. The zero-order valence-electron chi connectivity index (χ0n) is 9.79. The van der Waals surface area contributed by atoms with E-state index in [4.69, 9.17) is 4.74 Å². The molecule has 2 rings (SSSR count). The molecule has 0 amide bonds. The van der Waals surface area contributed by atoms with E-state index in [2.05, 4.69) is 12.2 Å². The molecular weight excluding hydrogens is 205 g/mol. The average Bonchev–Trinajstić information content (AvgIpc) is 2.77. The summed E-state index contributed by atoms with van der Waals surface area (Å²) in [5.41, 5.74) is 1.66. The highest BCUT2D eigenvalue weighted by molar-refractivity contribution is 5.46. The lowest BCUT2D eigenvalue weighted by atomic mass is 10.0. The molecule has 2 nitrogen and oxygen atoms in total. The van der Waals surface area contributed by atoms with E-state index < -0.39 is 0 Å². The van der Waals surface area contributed by atoms with Crippen molar-refractivity contribution in [2.45, 2.75) is 26.3 Å². The molecule has 1 aliphatic heterocycles. The largest absolute Gasteiger partial charge is 0.382 e. The molecule has 2 atom stereocenters. The van der Waals surface area contributed by atoms with Crippen LogP contribution in [0.25, 0.3) is 0 Å². The normalized spacial score (nSPS) is 22.1. The first-order valence-electron chi connectivity index (χ1n) is 5.77. The van der Waals surface area contributed by atoms with Gasteiger partial charge in [0.05, 0.1) is 6.61 Å². The molecule has 1 saturated heterocycles. The molecule has 0 radical (unpaired) electrons. The molecule has 1 aliphatic rings. The summed E-state index contributed by atoms with van der Waals surface area (Å²) in [5.74, 6) is 0.410. The number of nitrogens with one attached hydrogen (secondary N) is 1. The Bertz CT molecular complexity index is 361. The van der Waals surface area contributed by atoms with Crippen molar-refractivity contribution in [2.75, 3.05) is 18.5 Å². The van der Waals surface area contributed by atoms with Gasteiger partial charge in [-0.05, 0) is 44.0 Å². The highest BCUT2D eigenvalue weighted by Crippen LogP contribution is 2.21. The lowest BCUT2D eigenvalue weighted by Crippen LogP contribution is -2.26. The highest BCUT2D eigenvalue weighted by Gasteiger charge is 2.22. The maximum Gasteiger partial charge on any atom is 0.126 e. The number of benzene rings is 1. The third-order valence-electron chi connectivity index (χ3n) is 3.22. The zero-order chi connectivity index (χ0) is 11.5. The molecule has 1 heterocycles. The van der Waals surface area contributed by atoms with Crippen molar-refractivity contribution >= 4 is 5.69 Å². The number of rotatable bonds is 3. The van der Waals surface area contributed by atoms with Crippen LogP contribution in [0.4, 0.5) is 10.1 Å². The van der Waals surface area contributed by atoms with Crippen LogP contribution in [0.1, 0.15) is 18.9 Å². The van der Waals surface area contributed by atoms with Crippen LogP contribution < -0.4 is 5.32 Å². The molecule has 0 aliphatic carbocycles. The van der Waals surface area contributed by atoms with Crippen molar-refractivity contribution in [3.63, 3.8) is 0 Å². The number of aryl methyl sites for hydroxylation is 1. The molecular formula is C13H18FNO. The van der Waals surface area contributed by atoms with E-state index in [1.165, 1.54) is 6.07 Å². The predicted octanol–water partition coefficient (Wildman–Crippen LogP) is 2.97. The summed E-state index contributed by atoms with van der Waals surface area (Å²) in [7, 11) is 0. The first kappa shape index (κ1) is 11.4. The van der Waals surface area contributed by atoms with Crippen LogP contribution >= 0.6 is 0 Å². The summed E-state index contributed by atoms with van der Waals surface area (Å²) in [5, 5.41) is 3.41. The Hall–Kier alpha value is -1.09. The van der Waals surface area contributed by atoms with Gasteiger partial charge < -0.3 is 10.1 Å². The van der Waals surface area contributed by atoms with Gasteiger partial charge in [-0.2, -0.15) is 0 Å². The quantitative estimate of drug-likeness (QED) is 0.850. The molecule has 1 N–H and O–H groups in total. The average molecular weight is 223 g/mol. The minimum Gasteiger partial charge on any atom is -0.382 e. The molecule has 0 bridgehead atoms. The van der Waals surface area contributed by atoms with Crippen LogP contribution in [-0.4, -0.2) is 19.3 Å². The van der Waals surface area contributed by atoms with Gasteiger partial charge in [0, 0.05) is 24.3 Å². The Morgan fingerprint density at radius 3 is 2.94 bits per heavy atom. The van der Waals surface area contributed by atoms with Crippen LogP contribution in [0, 0.1) is 18.7 Å². The van der Waals surface area contributed by atoms with E-state index >= 15 is 0 Å². The number of anilines is 1. The van der Waals surface area contributed by atoms with E-state index in [0.29, 0.717) is 17.5 Å². The molecule has 88 valence electrons. The SMILES string of the molecule is Cc1cc(NC(C)C2CCOC2)ccc1F. The van der Waals surface area contributed by atoms with Crippen molar-refractivity contribution in [1.29, 1.82) is 0 Å². The third-order valence-corrected chi connectivity index (χ3v) is 3.22. The fourth-order valence-electron chi connectivity index (χ4n) is 2.06. The second kappa shape index (κ2) is 4.83. The Morgan fingerprint density at radius 2 is 2.31 bits per heavy atom. The molecule has 0 aromatic heterocycles. The van der Waals surface area contributed by atoms with E-state index in [-0.39, 0.29) is 5.82 Å². The van der Waals surface area contributed by atoms with Crippen molar-refractivity contribution in [2.24, 2.45) is 5.92 Å². The van der Waals surface area contributed by atoms with Crippen molar-refractivity contribution in [3.05, 3.63) is 29.6 Å². The van der Waals surface area contributed by atoms with Gasteiger partial charge >= 0.3 is 0 Å². The monoisotopic (exact) mass is 223 g/mol. The Balaban J connectivity index is 1.99. The van der Waals surface area contributed by atoms with Crippen molar-refractivity contribution in [1.82, 2.24) is 0 Å². The van der Waals surface area contributed by atoms with Gasteiger partial charge in [0.15, 0.2) is 0 Å². The van der Waals surface area contributed by atoms with Crippen molar-refractivity contribution < 1.29 is 9.13 Å². The Labute approximate surface area is 95.8 Å². The fraction of sp³-hybridized carbons (Fsp3) is 0.538. The summed E-state index contributed by atoms with van der Waals surface area (Å²) in [6.07, 6.45) is 1.11. The molecule has 0 saturated carbocycles. The van der Waals surface area contributed by atoms with E-state index in [0.717, 1.165) is 25.3 Å². The number of ether oxygens (including phenoxy) is 1. The van der Waals surface area contributed by atoms with Gasteiger partial charge in [-0.3, -0.25) is 0 Å². The standard InChI is InChI=1S/C13H18FNO/c1-9-7-12(3-4-13(9)14)15-10(2)11-5-6-16-8-11/h3-4,7,10-11,15H,5-6,8H2,1-2H3. The van der Waals surface area contributed by atoms with E-state index in [1.807, 2.05) is 6.07 Å². The van der Waals surface area contributed by atoms with Gasteiger partial charge in [-0.25, -0.2) is 4.39 Å². The van der Waals surface area contributed by atoms with Gasteiger partial charge in [-0.15, -0.1) is 0 Å². The maximum absolute atomic E-state index is 13.1. The Morgan fingerprint density at radius 1 is 1.50 bits per heavy atom. The number of hydrogen-bond acceptors (Lipinski definition) is 2. The minimum absolute atomic E-state index is 0.151. The summed E-state index contributed by atoms with van der Waals surface area (Å²) < 4.78 is 18.4. The molecule has 0 spiro atoms. The highest BCUT2D eigenvalue weighted by atomic mass is 19.1. The van der Waals surface area contributed by atoms with Gasteiger partial charge in [0.2, 0.25) is 0 Å². The maximum atomic E-state index is 13.1. The smallest absolute Gasteiger partial charge is 0.126 e. The summed E-state index contributed by atoms with van der Waals surface area (Å²) in [6, 6.07) is 5.51. The molecule has 16 heavy (non-hydrogen) atoms. The van der Waals surface area contributed by atoms with Gasteiger partial charge in [-0.1, -0.05) is 0 Å². The predicted molar refractivity (Wildman–Crippen MR) is 63.1 cm³/mol. The van der Waals surface area contributed by atoms with Crippen LogP contribution in [0.3, 0.4) is 0 Å². The fourth-order valence-corrected chi connectivity index (χ4v) is 2.06. The molecule has 1 aromatic rings. The van der Waals surface area contributed by atoms with E-state index in [1.54, 1.807) is 13.0 Å². The lowest BCUT2D eigenvalue weighted by Gasteiger charge is -2.20. The summed E-state index contributed by atoms with van der Waals surface area (Å²) in [6.45, 7) is 5.62. The molecule has 2 unspecified atom stereocenters. The molecule has 1 aromatic carbocycles. The van der Waals surface area contributed by atoms with Gasteiger partial charge in [0.25, 0.3) is 0 Å². The second-order valence-corrected chi connectivity index (χ2v) is 4.52. The first-order valence-corrected chi connectivity index (χ1v) is 5.77. The Kier molecular flexibility index (Phi) is 3.44. The van der Waals surface area contributed by atoms with Crippen LogP contribution in [0.2, 0.25) is 0 Å². The topological polar surface area (TPSA) is 21.3 Å². The van der Waals surface area contributed by atoms with E-state index in [9.17, 15) is 4.39 Å². The lowest BCUT2D eigenvalue weighted by molar-refractivity contribution is 0.183. The number of halogens is 1. The third kappa shape index (κ3) is 2.53. The van der Waals surface area contributed by atoms with Crippen LogP contribution in [-0.2, 0) is 4.74 Å². The van der Waals surface area contributed by atoms with Crippen LogP contribution in [0.5, 0.6) is 0 Å².